The third-order valence-electron chi connectivity index (χ3n) is 2.82. The van der Waals surface area contributed by atoms with Crippen LogP contribution in [-0.2, 0) is 12.4 Å². The molecule has 32 heavy (non-hydrogen) atoms. The molecule has 182 valence electrons. The number of Topliss-reactive ketones (excluding diaryl/α,β-unsaturated/α-hetero) is 1. The molecule has 2 aromatic rings. The Morgan fingerprint density at radius 2 is 1.06 bits per heavy atom. The number of carbonyl (C=O) groups excluding carboxylic acids is 1. The first kappa shape index (κ1) is 31.9. The Morgan fingerprint density at radius 1 is 0.719 bits per heavy atom. The molecule has 0 heterocycles. The van der Waals surface area contributed by atoms with Crippen molar-refractivity contribution in [2.45, 2.75) is 19.3 Å². The summed E-state index contributed by atoms with van der Waals surface area (Å²) in [5.74, 6) is -2.57. The van der Waals surface area contributed by atoms with Crippen LogP contribution in [-0.4, -0.2) is 19.6 Å². The number of carbonyl (C=O) groups is 1. The number of hydrogen-bond donors (Lipinski definition) is 0. The lowest BCUT2D eigenvalue weighted by atomic mass is 10.1. The van der Waals surface area contributed by atoms with Crippen molar-refractivity contribution in [2.24, 2.45) is 0 Å². The Morgan fingerprint density at radius 3 is 1.38 bits per heavy atom. The van der Waals surface area contributed by atoms with Gasteiger partial charge in [-0.2, -0.15) is 26.3 Å². The minimum absolute atomic E-state index is 0.0785. The summed E-state index contributed by atoms with van der Waals surface area (Å²) in [5.41, 5.74) is -2.42. The second-order valence-electron chi connectivity index (χ2n) is 5.14. The zero-order chi connectivity index (χ0) is 25.7. The van der Waals surface area contributed by atoms with Crippen molar-refractivity contribution in [1.29, 1.82) is 0 Å². The number of rotatable bonds is 1. The summed E-state index contributed by atoms with van der Waals surface area (Å²) in [5, 5.41) is 0. The molecular formula is C18H13BrF12O. The van der Waals surface area contributed by atoms with E-state index < -0.39 is 54.8 Å². The summed E-state index contributed by atoms with van der Waals surface area (Å²) >= 11 is 2.77. The maximum atomic E-state index is 12.7. The highest BCUT2D eigenvalue weighted by Gasteiger charge is 2.32. The predicted octanol–water partition coefficient (Wildman–Crippen LogP) is 8.42. The molecule has 0 atom stereocenters. The molecule has 0 amide bonds. The van der Waals surface area contributed by atoms with E-state index in [0.717, 1.165) is 25.1 Å². The van der Waals surface area contributed by atoms with Crippen molar-refractivity contribution in [3.05, 3.63) is 69.2 Å². The molecule has 0 aliphatic heterocycles. The molecule has 0 radical (unpaired) electrons. The number of ketones is 1. The lowest BCUT2D eigenvalue weighted by Gasteiger charge is -2.07. The molecule has 2 rings (SSSR count). The summed E-state index contributed by atoms with van der Waals surface area (Å²) in [4.78, 5) is 10.7. The van der Waals surface area contributed by atoms with Crippen LogP contribution in [0.1, 0.15) is 28.4 Å². The van der Waals surface area contributed by atoms with E-state index in [1.165, 1.54) is 0 Å². The van der Waals surface area contributed by atoms with Gasteiger partial charge in [0.15, 0.2) is 5.78 Å². The number of hydrogen-bond acceptors (Lipinski definition) is 1. The van der Waals surface area contributed by atoms with E-state index in [1.807, 2.05) is 0 Å². The van der Waals surface area contributed by atoms with Crippen LogP contribution >= 0.6 is 15.9 Å². The minimum Gasteiger partial charge on any atom is -0.295 e. The van der Waals surface area contributed by atoms with E-state index in [2.05, 4.69) is 15.9 Å². The van der Waals surface area contributed by atoms with Crippen LogP contribution in [0.25, 0.3) is 0 Å². The Hall–Kier alpha value is -2.25. The van der Waals surface area contributed by atoms with E-state index in [9.17, 15) is 57.5 Å². The van der Waals surface area contributed by atoms with Gasteiger partial charge in [0.05, 0.1) is 11.1 Å². The van der Waals surface area contributed by atoms with Gasteiger partial charge in [-0.1, -0.05) is 15.9 Å². The van der Waals surface area contributed by atoms with E-state index in [4.69, 9.17) is 0 Å². The number of alkyl halides is 10. The fourth-order valence-electron chi connectivity index (χ4n) is 1.67. The van der Waals surface area contributed by atoms with Gasteiger partial charge < -0.3 is 0 Å². The molecule has 0 unspecified atom stereocenters. The first-order chi connectivity index (χ1) is 14.5. The predicted molar refractivity (Wildman–Crippen MR) is 94.7 cm³/mol. The summed E-state index contributed by atoms with van der Waals surface area (Å²) in [6, 6.07) is 4.00. The standard InChI is InChI=1S/C9H6F4O.C7H3BrF4.2CH2F2/c1-5(14)6-2-7(9(11,12)13)4-8(10)3-6;8-5-1-4(7(10,11)12)2-6(9)3-5;2*2-1-3/h2-4H,1H3;1-3H;2*1H2. The minimum atomic E-state index is -4.63. The second-order valence-corrected chi connectivity index (χ2v) is 6.06. The third kappa shape index (κ3) is 13.9. The summed E-state index contributed by atoms with van der Waals surface area (Å²) in [6.45, 7) is -2.42. The van der Waals surface area contributed by atoms with E-state index in [0.29, 0.717) is 18.2 Å². The van der Waals surface area contributed by atoms with Gasteiger partial charge in [-0.05, 0) is 43.3 Å². The van der Waals surface area contributed by atoms with E-state index in [1.54, 1.807) is 0 Å². The Bertz CT molecular complexity index is 811. The summed E-state index contributed by atoms with van der Waals surface area (Å²) in [6.07, 6.45) is -9.13. The van der Waals surface area contributed by atoms with Gasteiger partial charge >= 0.3 is 12.4 Å². The van der Waals surface area contributed by atoms with Crippen LogP contribution < -0.4 is 0 Å². The molecule has 0 aliphatic carbocycles. The van der Waals surface area contributed by atoms with Gasteiger partial charge in [-0.3, -0.25) is 4.79 Å². The third-order valence-corrected chi connectivity index (χ3v) is 3.28. The highest BCUT2D eigenvalue weighted by atomic mass is 79.9. The van der Waals surface area contributed by atoms with Gasteiger partial charge in [0.2, 0.25) is 13.9 Å². The number of halogens is 13. The van der Waals surface area contributed by atoms with Crippen LogP contribution in [0.15, 0.2) is 40.9 Å². The van der Waals surface area contributed by atoms with Crippen molar-refractivity contribution in [2.75, 3.05) is 13.9 Å². The van der Waals surface area contributed by atoms with Crippen molar-refractivity contribution >= 4 is 21.7 Å². The van der Waals surface area contributed by atoms with Gasteiger partial charge in [0, 0.05) is 10.0 Å². The normalized spacial score (nSPS) is 10.6. The van der Waals surface area contributed by atoms with Crippen LogP contribution in [0, 0.1) is 11.6 Å². The maximum Gasteiger partial charge on any atom is 0.416 e. The summed E-state index contributed by atoms with van der Waals surface area (Å²) in [7, 11) is 0. The molecule has 0 aromatic heterocycles. The maximum absolute atomic E-state index is 12.7. The van der Waals surface area contributed by atoms with Crippen LogP contribution in [0.2, 0.25) is 0 Å². The average molecular weight is 553 g/mol. The highest BCUT2D eigenvalue weighted by molar-refractivity contribution is 9.10. The topological polar surface area (TPSA) is 17.1 Å². The van der Waals surface area contributed by atoms with E-state index >= 15 is 0 Å². The molecule has 0 bridgehead atoms. The summed E-state index contributed by atoms with van der Waals surface area (Å²) < 4.78 is 136. The first-order valence-electron chi connectivity index (χ1n) is 7.69. The molecule has 0 fully saturated rings. The molecule has 2 aromatic carbocycles. The van der Waals surface area contributed by atoms with Crippen LogP contribution in [0.5, 0.6) is 0 Å². The number of benzene rings is 2. The fraction of sp³-hybridized carbons (Fsp3) is 0.278. The van der Waals surface area contributed by atoms with Crippen molar-refractivity contribution in [3.8, 4) is 0 Å². The zero-order valence-electron chi connectivity index (χ0n) is 15.7. The largest absolute Gasteiger partial charge is 0.416 e. The molecule has 0 spiro atoms. The smallest absolute Gasteiger partial charge is 0.295 e. The molecule has 0 aliphatic rings. The van der Waals surface area contributed by atoms with Gasteiger partial charge in [0.25, 0.3) is 0 Å². The lowest BCUT2D eigenvalue weighted by Crippen LogP contribution is -2.07. The molecule has 0 saturated heterocycles. The zero-order valence-corrected chi connectivity index (χ0v) is 17.3. The van der Waals surface area contributed by atoms with Crippen LogP contribution in [0.4, 0.5) is 52.7 Å². The highest BCUT2D eigenvalue weighted by Crippen LogP contribution is 2.32. The Balaban J connectivity index is 0. The average Bonchev–Trinajstić information content (AvgIpc) is 2.61. The molecule has 0 N–H and O–H groups in total. The first-order valence-corrected chi connectivity index (χ1v) is 8.48. The van der Waals surface area contributed by atoms with Crippen molar-refractivity contribution in [1.82, 2.24) is 0 Å². The van der Waals surface area contributed by atoms with Gasteiger partial charge in [-0.25, -0.2) is 26.3 Å². The molecule has 1 nitrogen and oxygen atoms in total. The molecule has 14 heteroatoms. The Labute approximate surface area is 182 Å². The van der Waals surface area contributed by atoms with E-state index in [-0.39, 0.29) is 10.0 Å². The fourth-order valence-corrected chi connectivity index (χ4v) is 2.14. The van der Waals surface area contributed by atoms with Crippen LogP contribution in [0.3, 0.4) is 0 Å². The van der Waals surface area contributed by atoms with Crippen molar-refractivity contribution < 1.29 is 57.5 Å². The van der Waals surface area contributed by atoms with Gasteiger partial charge in [-0.15, -0.1) is 0 Å². The monoisotopic (exact) mass is 552 g/mol. The van der Waals surface area contributed by atoms with Gasteiger partial charge in [0.1, 0.15) is 11.6 Å². The second kappa shape index (κ2) is 14.7. The quantitative estimate of drug-likeness (QED) is 0.256. The Kier molecular flexibility index (Phi) is 14.7. The lowest BCUT2D eigenvalue weighted by molar-refractivity contribution is -0.138. The molecular weight excluding hydrogens is 540 g/mol. The SMILES string of the molecule is CC(=O)c1cc(F)cc(C(F)(F)F)c1.FCF.FCF.Fc1cc(Br)cc(C(F)(F)F)c1. The molecule has 0 saturated carbocycles. The van der Waals surface area contributed by atoms with Crippen molar-refractivity contribution in [3.63, 3.8) is 0 Å².